The minimum Gasteiger partial charge on any atom is -0.447 e. The van der Waals surface area contributed by atoms with Gasteiger partial charge in [0.2, 0.25) is 5.91 Å². The number of unbranched alkanes of at least 4 members (excludes halogenated alkanes) is 3. The van der Waals surface area contributed by atoms with Crippen molar-refractivity contribution in [3.05, 3.63) is 29.3 Å². The largest absolute Gasteiger partial charge is 0.447 e. The van der Waals surface area contributed by atoms with Crippen LogP contribution < -0.4 is 10.6 Å². The molecule has 0 aliphatic carbocycles. The summed E-state index contributed by atoms with van der Waals surface area (Å²) in [4.78, 5) is 23.0. The number of rotatable bonds is 9. The van der Waals surface area contributed by atoms with Crippen LogP contribution in [0.2, 0.25) is 5.02 Å². The minimum atomic E-state index is -0.570. The van der Waals surface area contributed by atoms with Crippen molar-refractivity contribution in [1.29, 1.82) is 0 Å². The Labute approximate surface area is 136 Å². The zero-order valence-corrected chi connectivity index (χ0v) is 13.6. The quantitative estimate of drug-likeness (QED) is 0.674. The van der Waals surface area contributed by atoms with Gasteiger partial charge in [-0.3, -0.25) is 10.1 Å². The highest BCUT2D eigenvalue weighted by atomic mass is 35.5. The maximum atomic E-state index is 11.5. The van der Waals surface area contributed by atoms with Crippen molar-refractivity contribution >= 4 is 29.3 Å². The predicted molar refractivity (Wildman–Crippen MR) is 88.2 cm³/mol. The number of halogens is 1. The summed E-state index contributed by atoms with van der Waals surface area (Å²) in [5.41, 5.74) is 0.567. The van der Waals surface area contributed by atoms with Gasteiger partial charge in [0.15, 0.2) is 0 Å². The predicted octanol–water partition coefficient (Wildman–Crippen LogP) is 3.98. The third-order valence-corrected chi connectivity index (χ3v) is 3.22. The van der Waals surface area contributed by atoms with Gasteiger partial charge in [0.1, 0.15) is 6.61 Å². The number of hydrogen-bond donors (Lipinski definition) is 2. The number of anilines is 1. The molecule has 0 unspecified atom stereocenters. The van der Waals surface area contributed by atoms with Crippen LogP contribution in [0.15, 0.2) is 24.3 Å². The molecule has 6 heteroatoms. The number of hydrogen-bond acceptors (Lipinski definition) is 3. The Bertz CT molecular complexity index is 480. The zero-order chi connectivity index (χ0) is 16.2. The van der Waals surface area contributed by atoms with Crippen molar-refractivity contribution in [2.75, 3.05) is 18.5 Å². The third kappa shape index (κ3) is 8.52. The second-order valence-corrected chi connectivity index (χ2v) is 5.37. The molecule has 0 bridgehead atoms. The Hall–Kier alpha value is -1.75. The first-order chi connectivity index (χ1) is 10.6. The van der Waals surface area contributed by atoms with Crippen molar-refractivity contribution in [1.82, 2.24) is 5.32 Å². The van der Waals surface area contributed by atoms with Crippen LogP contribution in [-0.2, 0) is 9.53 Å². The van der Waals surface area contributed by atoms with Crippen molar-refractivity contribution in [2.24, 2.45) is 0 Å². The molecule has 0 saturated heterocycles. The maximum absolute atomic E-state index is 11.5. The molecule has 0 aromatic heterocycles. The monoisotopic (exact) mass is 326 g/mol. The topological polar surface area (TPSA) is 67.4 Å². The van der Waals surface area contributed by atoms with Crippen LogP contribution in [0.4, 0.5) is 10.5 Å². The lowest BCUT2D eigenvalue weighted by Crippen LogP contribution is -2.28. The van der Waals surface area contributed by atoms with Crippen LogP contribution in [-0.4, -0.2) is 25.2 Å². The van der Waals surface area contributed by atoms with E-state index < -0.39 is 6.09 Å². The van der Waals surface area contributed by atoms with Gasteiger partial charge in [-0.15, -0.1) is 0 Å². The fourth-order valence-electron chi connectivity index (χ4n) is 1.86. The van der Waals surface area contributed by atoms with Crippen molar-refractivity contribution in [2.45, 2.75) is 39.0 Å². The maximum Gasteiger partial charge on any atom is 0.411 e. The second-order valence-electron chi connectivity index (χ2n) is 4.93. The molecule has 122 valence electrons. The molecular formula is C16H23ClN2O3. The summed E-state index contributed by atoms with van der Waals surface area (Å²) in [6, 6.07) is 6.79. The van der Waals surface area contributed by atoms with Gasteiger partial charge < -0.3 is 10.1 Å². The Morgan fingerprint density at radius 3 is 2.77 bits per heavy atom. The summed E-state index contributed by atoms with van der Waals surface area (Å²) in [5, 5.41) is 5.82. The molecule has 5 nitrogen and oxygen atoms in total. The average Bonchev–Trinajstić information content (AvgIpc) is 2.48. The van der Waals surface area contributed by atoms with Crippen LogP contribution >= 0.6 is 11.6 Å². The fraction of sp³-hybridized carbons (Fsp3) is 0.500. The van der Waals surface area contributed by atoms with E-state index in [2.05, 4.69) is 17.6 Å². The van der Waals surface area contributed by atoms with Gasteiger partial charge >= 0.3 is 6.09 Å². The molecule has 2 N–H and O–H groups in total. The molecule has 0 radical (unpaired) electrons. The summed E-state index contributed by atoms with van der Waals surface area (Å²) >= 11 is 5.81. The van der Waals surface area contributed by atoms with Crippen molar-refractivity contribution < 1.29 is 14.3 Å². The zero-order valence-electron chi connectivity index (χ0n) is 12.9. The fourth-order valence-corrected chi connectivity index (χ4v) is 2.05. The standard InChI is InChI=1S/C16H23ClN2O3/c1-2-3-4-5-9-15(20)18-10-11-22-16(21)19-14-8-6-7-13(17)12-14/h6-8,12H,2-5,9-11H2,1H3,(H,18,20)(H,19,21). The van der Waals surface area contributed by atoms with E-state index in [0.29, 0.717) is 23.7 Å². The van der Waals surface area contributed by atoms with Crippen molar-refractivity contribution in [3.63, 3.8) is 0 Å². The van der Waals surface area contributed by atoms with E-state index in [0.717, 1.165) is 25.7 Å². The van der Waals surface area contributed by atoms with Gasteiger partial charge in [-0.2, -0.15) is 0 Å². The van der Waals surface area contributed by atoms with Gasteiger partial charge in [0.25, 0.3) is 0 Å². The Balaban J connectivity index is 2.08. The second kappa shape index (κ2) is 10.9. The first-order valence-corrected chi connectivity index (χ1v) is 7.95. The molecule has 0 heterocycles. The first kappa shape index (κ1) is 18.3. The van der Waals surface area contributed by atoms with Crippen LogP contribution in [0, 0.1) is 0 Å². The number of carbonyl (C=O) groups excluding carboxylic acids is 2. The Morgan fingerprint density at radius 2 is 2.05 bits per heavy atom. The molecule has 0 aliphatic heterocycles. The summed E-state index contributed by atoms with van der Waals surface area (Å²) in [7, 11) is 0. The Morgan fingerprint density at radius 1 is 1.23 bits per heavy atom. The summed E-state index contributed by atoms with van der Waals surface area (Å²) in [6.07, 6.45) is 4.23. The van der Waals surface area contributed by atoms with E-state index >= 15 is 0 Å². The molecule has 1 aromatic carbocycles. The van der Waals surface area contributed by atoms with E-state index in [-0.39, 0.29) is 12.5 Å². The average molecular weight is 327 g/mol. The number of ether oxygens (including phenoxy) is 1. The molecule has 0 atom stereocenters. The lowest BCUT2D eigenvalue weighted by Gasteiger charge is -2.08. The minimum absolute atomic E-state index is 0.00467. The highest BCUT2D eigenvalue weighted by molar-refractivity contribution is 6.30. The summed E-state index contributed by atoms with van der Waals surface area (Å²) < 4.78 is 4.97. The molecule has 1 aromatic rings. The van der Waals surface area contributed by atoms with Gasteiger partial charge in [-0.25, -0.2) is 4.79 Å². The third-order valence-electron chi connectivity index (χ3n) is 2.99. The summed E-state index contributed by atoms with van der Waals surface area (Å²) in [6.45, 7) is 2.58. The molecule has 0 saturated carbocycles. The molecule has 22 heavy (non-hydrogen) atoms. The number of nitrogens with one attached hydrogen (secondary N) is 2. The van der Waals surface area contributed by atoms with Crippen LogP contribution in [0.5, 0.6) is 0 Å². The number of carbonyl (C=O) groups is 2. The van der Waals surface area contributed by atoms with E-state index in [9.17, 15) is 9.59 Å². The number of amides is 2. The highest BCUT2D eigenvalue weighted by Gasteiger charge is 2.04. The lowest BCUT2D eigenvalue weighted by molar-refractivity contribution is -0.121. The summed E-state index contributed by atoms with van der Waals surface area (Å²) in [5.74, 6) is -0.00467. The van der Waals surface area contributed by atoms with E-state index in [1.807, 2.05) is 0 Å². The molecule has 0 spiro atoms. The smallest absolute Gasteiger partial charge is 0.411 e. The Kier molecular flexibility index (Phi) is 9.07. The molecule has 2 amide bonds. The van der Waals surface area contributed by atoms with E-state index in [4.69, 9.17) is 16.3 Å². The van der Waals surface area contributed by atoms with Crippen LogP contribution in [0.1, 0.15) is 39.0 Å². The molecule has 0 fully saturated rings. The van der Waals surface area contributed by atoms with E-state index in [1.54, 1.807) is 24.3 Å². The highest BCUT2D eigenvalue weighted by Crippen LogP contribution is 2.14. The first-order valence-electron chi connectivity index (χ1n) is 7.58. The van der Waals surface area contributed by atoms with Gasteiger partial charge in [0.05, 0.1) is 6.54 Å². The van der Waals surface area contributed by atoms with Crippen molar-refractivity contribution in [3.8, 4) is 0 Å². The van der Waals surface area contributed by atoms with Gasteiger partial charge in [0, 0.05) is 17.1 Å². The van der Waals surface area contributed by atoms with Gasteiger partial charge in [-0.1, -0.05) is 43.9 Å². The van der Waals surface area contributed by atoms with E-state index in [1.165, 1.54) is 0 Å². The lowest BCUT2D eigenvalue weighted by atomic mass is 10.1. The molecular weight excluding hydrogens is 304 g/mol. The van der Waals surface area contributed by atoms with Crippen LogP contribution in [0.3, 0.4) is 0 Å². The SMILES string of the molecule is CCCCCCC(=O)NCCOC(=O)Nc1cccc(Cl)c1. The normalized spacial score (nSPS) is 10.1. The number of benzene rings is 1. The molecule has 0 aliphatic rings. The van der Waals surface area contributed by atoms with Crippen LogP contribution in [0.25, 0.3) is 0 Å². The van der Waals surface area contributed by atoms with Gasteiger partial charge in [-0.05, 0) is 24.6 Å². The molecule has 1 rings (SSSR count).